The lowest BCUT2D eigenvalue weighted by Gasteiger charge is -2.03. The molecule has 0 aliphatic carbocycles. The Hall–Kier alpha value is -3.22. The van der Waals surface area contributed by atoms with Crippen LogP contribution in [0, 0.1) is 0 Å². The molecule has 0 saturated carbocycles. The van der Waals surface area contributed by atoms with Crippen LogP contribution in [0.25, 0.3) is 23.0 Å². The van der Waals surface area contributed by atoms with E-state index < -0.39 is 6.09 Å². The van der Waals surface area contributed by atoms with Gasteiger partial charge in [0.05, 0.1) is 7.11 Å². The third-order valence-electron chi connectivity index (χ3n) is 2.88. The number of carbonyl (C=O) groups excluding carboxylic acids is 1. The van der Waals surface area contributed by atoms with Gasteiger partial charge < -0.3 is 9.26 Å². The molecule has 0 atom stereocenters. The summed E-state index contributed by atoms with van der Waals surface area (Å²) < 4.78 is 9.73. The summed E-state index contributed by atoms with van der Waals surface area (Å²) in [6.45, 7) is 0. The van der Waals surface area contributed by atoms with Crippen molar-refractivity contribution in [3.63, 3.8) is 0 Å². The van der Waals surface area contributed by atoms with Crippen molar-refractivity contribution in [3.8, 4) is 23.0 Å². The SMILES string of the molecule is COC(=O)Nc1ccc(-c2noc(-c3ccccn3)n2)cc1. The first kappa shape index (κ1) is 13.7. The standard InChI is InChI=1S/C15H12N4O3/c1-21-15(20)17-11-7-5-10(6-8-11)13-18-14(22-19-13)12-4-2-3-9-16-12/h2-9H,1H3,(H,17,20). The Morgan fingerprint density at radius 1 is 1.18 bits per heavy atom. The number of benzene rings is 1. The summed E-state index contributed by atoms with van der Waals surface area (Å²) in [5.74, 6) is 0.803. The second-order valence-corrected chi connectivity index (χ2v) is 4.33. The quantitative estimate of drug-likeness (QED) is 0.799. The van der Waals surface area contributed by atoms with Gasteiger partial charge in [-0.25, -0.2) is 4.79 Å². The highest BCUT2D eigenvalue weighted by atomic mass is 16.5. The lowest BCUT2D eigenvalue weighted by Crippen LogP contribution is -2.10. The van der Waals surface area contributed by atoms with Crippen molar-refractivity contribution in [1.82, 2.24) is 15.1 Å². The molecule has 0 fully saturated rings. The maximum Gasteiger partial charge on any atom is 0.411 e. The number of pyridine rings is 1. The van der Waals surface area contributed by atoms with Crippen LogP contribution in [-0.2, 0) is 4.74 Å². The van der Waals surface area contributed by atoms with Crippen molar-refractivity contribution in [3.05, 3.63) is 48.7 Å². The lowest BCUT2D eigenvalue weighted by molar-refractivity contribution is 0.187. The first-order chi connectivity index (χ1) is 10.8. The molecule has 22 heavy (non-hydrogen) atoms. The summed E-state index contributed by atoms with van der Waals surface area (Å²) in [5.41, 5.74) is 2.00. The van der Waals surface area contributed by atoms with Gasteiger partial charge in [0.15, 0.2) is 0 Å². The molecule has 0 aliphatic heterocycles. The van der Waals surface area contributed by atoms with E-state index in [1.165, 1.54) is 7.11 Å². The third-order valence-corrected chi connectivity index (χ3v) is 2.88. The average molecular weight is 296 g/mol. The van der Waals surface area contributed by atoms with E-state index in [1.807, 2.05) is 12.1 Å². The molecule has 0 unspecified atom stereocenters. The highest BCUT2D eigenvalue weighted by Gasteiger charge is 2.11. The van der Waals surface area contributed by atoms with Gasteiger partial charge in [-0.3, -0.25) is 10.3 Å². The van der Waals surface area contributed by atoms with Crippen LogP contribution in [-0.4, -0.2) is 28.3 Å². The molecule has 0 aliphatic rings. The molecule has 1 amide bonds. The molecule has 1 N–H and O–H groups in total. The van der Waals surface area contributed by atoms with Crippen LogP contribution in [0.4, 0.5) is 10.5 Å². The zero-order valence-corrected chi connectivity index (χ0v) is 11.7. The summed E-state index contributed by atoms with van der Waals surface area (Å²) in [6.07, 6.45) is 1.14. The molecule has 7 heteroatoms. The zero-order chi connectivity index (χ0) is 15.4. The first-order valence-corrected chi connectivity index (χ1v) is 6.47. The van der Waals surface area contributed by atoms with Crippen molar-refractivity contribution in [2.45, 2.75) is 0 Å². The van der Waals surface area contributed by atoms with Gasteiger partial charge in [0.2, 0.25) is 5.82 Å². The van der Waals surface area contributed by atoms with E-state index in [0.29, 0.717) is 23.1 Å². The van der Waals surface area contributed by atoms with Crippen LogP contribution in [0.1, 0.15) is 0 Å². The average Bonchev–Trinajstić information content (AvgIpc) is 3.06. The van der Waals surface area contributed by atoms with Crippen LogP contribution < -0.4 is 5.32 Å². The Balaban J connectivity index is 1.80. The maximum absolute atomic E-state index is 11.1. The number of anilines is 1. The number of amides is 1. The molecule has 2 heterocycles. The normalized spacial score (nSPS) is 10.2. The van der Waals surface area contributed by atoms with E-state index >= 15 is 0 Å². The minimum atomic E-state index is -0.523. The molecule has 110 valence electrons. The molecule has 1 aromatic carbocycles. The molecule has 0 radical (unpaired) electrons. The smallest absolute Gasteiger partial charge is 0.411 e. The summed E-state index contributed by atoms with van der Waals surface area (Å²) in [6, 6.07) is 12.5. The summed E-state index contributed by atoms with van der Waals surface area (Å²) in [4.78, 5) is 19.6. The van der Waals surface area contributed by atoms with Crippen molar-refractivity contribution in [2.24, 2.45) is 0 Å². The van der Waals surface area contributed by atoms with Crippen LogP contribution in [0.3, 0.4) is 0 Å². The van der Waals surface area contributed by atoms with E-state index in [4.69, 9.17) is 4.52 Å². The Morgan fingerprint density at radius 3 is 2.68 bits per heavy atom. The number of methoxy groups -OCH3 is 1. The van der Waals surface area contributed by atoms with Gasteiger partial charge in [-0.1, -0.05) is 11.2 Å². The minimum Gasteiger partial charge on any atom is -0.453 e. The molecule has 3 aromatic rings. The fraction of sp³-hybridized carbons (Fsp3) is 0.0667. The van der Waals surface area contributed by atoms with E-state index in [0.717, 1.165) is 5.56 Å². The Bertz CT molecular complexity index is 769. The number of rotatable bonds is 3. The Morgan fingerprint density at radius 2 is 2.00 bits per heavy atom. The van der Waals surface area contributed by atoms with Crippen molar-refractivity contribution >= 4 is 11.8 Å². The highest BCUT2D eigenvalue weighted by molar-refractivity contribution is 5.84. The lowest BCUT2D eigenvalue weighted by atomic mass is 10.2. The van der Waals surface area contributed by atoms with Gasteiger partial charge in [0.25, 0.3) is 5.89 Å². The minimum absolute atomic E-state index is 0.354. The molecule has 7 nitrogen and oxygen atoms in total. The number of aromatic nitrogens is 3. The number of hydrogen-bond donors (Lipinski definition) is 1. The molecule has 0 spiro atoms. The molecular formula is C15H12N4O3. The fourth-order valence-corrected chi connectivity index (χ4v) is 1.81. The van der Waals surface area contributed by atoms with Crippen molar-refractivity contribution in [1.29, 1.82) is 0 Å². The molecule has 0 saturated heterocycles. The number of nitrogens with one attached hydrogen (secondary N) is 1. The molecular weight excluding hydrogens is 284 g/mol. The molecule has 0 bridgehead atoms. The van der Waals surface area contributed by atoms with E-state index in [2.05, 4.69) is 25.2 Å². The number of ether oxygens (including phenoxy) is 1. The van der Waals surface area contributed by atoms with Gasteiger partial charge in [0.1, 0.15) is 5.69 Å². The van der Waals surface area contributed by atoms with Gasteiger partial charge in [-0.05, 0) is 36.4 Å². The summed E-state index contributed by atoms with van der Waals surface area (Å²) in [7, 11) is 1.31. The molecule has 3 rings (SSSR count). The number of hydrogen-bond acceptors (Lipinski definition) is 6. The van der Waals surface area contributed by atoms with E-state index in [1.54, 1.807) is 36.5 Å². The largest absolute Gasteiger partial charge is 0.453 e. The van der Waals surface area contributed by atoms with E-state index in [-0.39, 0.29) is 0 Å². The molecule has 2 aromatic heterocycles. The monoisotopic (exact) mass is 296 g/mol. The summed E-state index contributed by atoms with van der Waals surface area (Å²) in [5, 5.41) is 6.50. The van der Waals surface area contributed by atoms with E-state index in [9.17, 15) is 4.79 Å². The second-order valence-electron chi connectivity index (χ2n) is 4.33. The number of carbonyl (C=O) groups is 1. The van der Waals surface area contributed by atoms with Crippen LogP contribution >= 0.6 is 0 Å². The van der Waals surface area contributed by atoms with Crippen molar-refractivity contribution in [2.75, 3.05) is 12.4 Å². The van der Waals surface area contributed by atoms with Crippen molar-refractivity contribution < 1.29 is 14.1 Å². The Labute approximate surface area is 126 Å². The topological polar surface area (TPSA) is 90.1 Å². The van der Waals surface area contributed by atoms with Gasteiger partial charge in [-0.15, -0.1) is 0 Å². The zero-order valence-electron chi connectivity index (χ0n) is 11.7. The maximum atomic E-state index is 11.1. The second kappa shape index (κ2) is 6.04. The Kier molecular flexibility index (Phi) is 3.78. The predicted octanol–water partition coefficient (Wildman–Crippen LogP) is 2.98. The highest BCUT2D eigenvalue weighted by Crippen LogP contribution is 2.22. The number of nitrogens with zero attached hydrogens (tertiary/aromatic N) is 3. The summed E-state index contributed by atoms with van der Waals surface area (Å²) >= 11 is 0. The predicted molar refractivity (Wildman–Crippen MR) is 79.0 cm³/mol. The van der Waals surface area contributed by atoms with Gasteiger partial charge in [0, 0.05) is 17.4 Å². The fourth-order valence-electron chi connectivity index (χ4n) is 1.81. The first-order valence-electron chi connectivity index (χ1n) is 6.47. The van der Waals surface area contributed by atoms with Crippen LogP contribution in [0.5, 0.6) is 0 Å². The van der Waals surface area contributed by atoms with Gasteiger partial charge in [-0.2, -0.15) is 4.98 Å². The van der Waals surface area contributed by atoms with Gasteiger partial charge >= 0.3 is 6.09 Å². The van der Waals surface area contributed by atoms with Crippen LogP contribution in [0.15, 0.2) is 53.2 Å². The van der Waals surface area contributed by atoms with Crippen LogP contribution in [0.2, 0.25) is 0 Å². The third kappa shape index (κ3) is 2.93.